The molecule has 0 N–H and O–H groups in total. The van der Waals surface area contributed by atoms with E-state index in [9.17, 15) is 14.0 Å². The highest BCUT2D eigenvalue weighted by Crippen LogP contribution is 2.32. The van der Waals surface area contributed by atoms with E-state index in [-0.39, 0.29) is 67.9 Å². The Morgan fingerprint density at radius 3 is 1.93 bits per heavy atom. The predicted octanol–water partition coefficient (Wildman–Crippen LogP) is 5.25. The minimum atomic E-state index is -0.238. The Labute approximate surface area is 253 Å². The van der Waals surface area contributed by atoms with Gasteiger partial charge in [0, 0.05) is 38.9 Å². The molecule has 0 unspecified atom stereocenters. The third-order valence-electron chi connectivity index (χ3n) is 7.08. The fourth-order valence-corrected chi connectivity index (χ4v) is 5.16. The summed E-state index contributed by atoms with van der Waals surface area (Å²) in [5.74, 6) is -0.530. The van der Waals surface area contributed by atoms with Gasteiger partial charge in [-0.2, -0.15) is 0 Å². The Hall–Kier alpha value is -2.81. The van der Waals surface area contributed by atoms with E-state index in [1.807, 2.05) is 53.4 Å². The van der Waals surface area contributed by atoms with Crippen LogP contribution >= 0.6 is 37.2 Å². The molecule has 2 saturated heterocycles. The van der Waals surface area contributed by atoms with Gasteiger partial charge in [0.1, 0.15) is 5.82 Å². The zero-order chi connectivity index (χ0) is 25.6. The second-order valence-corrected chi connectivity index (χ2v) is 9.60. The van der Waals surface area contributed by atoms with E-state index < -0.39 is 0 Å². The van der Waals surface area contributed by atoms with Crippen LogP contribution in [0.4, 0.5) is 4.39 Å². The first-order valence-corrected chi connectivity index (χ1v) is 12.8. The minimum Gasteiger partial charge on any atom is -0.301 e. The fourth-order valence-electron chi connectivity index (χ4n) is 5.16. The summed E-state index contributed by atoms with van der Waals surface area (Å²) in [6.07, 6.45) is 3.50. The number of likely N-dealkylation sites (tertiary alicyclic amines) is 1. The normalized spacial score (nSPS) is 16.0. The van der Waals surface area contributed by atoms with Crippen LogP contribution in [0, 0.1) is 5.82 Å². The number of amides is 2. The summed E-state index contributed by atoms with van der Waals surface area (Å²) in [6, 6.07) is 22.6. The molecule has 2 aromatic carbocycles. The molecule has 1 aromatic heterocycles. The third-order valence-corrected chi connectivity index (χ3v) is 7.08. The summed E-state index contributed by atoms with van der Waals surface area (Å²) in [5, 5.41) is 0. The van der Waals surface area contributed by atoms with Gasteiger partial charge in [0.05, 0.1) is 18.8 Å². The van der Waals surface area contributed by atoms with Gasteiger partial charge in [0.15, 0.2) is 0 Å². The molecule has 0 atom stereocenters. The van der Waals surface area contributed by atoms with Crippen molar-refractivity contribution in [1.82, 2.24) is 19.7 Å². The molecule has 40 heavy (non-hydrogen) atoms. The van der Waals surface area contributed by atoms with E-state index in [1.165, 1.54) is 28.2 Å². The molecule has 3 aromatic rings. The molecule has 6 nitrogen and oxygen atoms in total. The Morgan fingerprint density at radius 1 is 0.725 bits per heavy atom. The van der Waals surface area contributed by atoms with Crippen LogP contribution in [0.5, 0.6) is 0 Å². The van der Waals surface area contributed by atoms with Gasteiger partial charge < -0.3 is 4.90 Å². The van der Waals surface area contributed by atoms with E-state index in [0.717, 1.165) is 42.8 Å². The van der Waals surface area contributed by atoms with E-state index in [4.69, 9.17) is 0 Å². The van der Waals surface area contributed by atoms with Gasteiger partial charge in [-0.25, -0.2) is 4.39 Å². The Bertz CT molecular complexity index is 1250. The molecule has 0 aliphatic carbocycles. The van der Waals surface area contributed by atoms with Crippen LogP contribution in [0.25, 0.3) is 5.57 Å². The van der Waals surface area contributed by atoms with Crippen molar-refractivity contribution in [3.8, 4) is 0 Å². The smallest absolute Gasteiger partial charge is 0.243 e. The lowest BCUT2D eigenvalue weighted by Gasteiger charge is -2.35. The first kappa shape index (κ1) is 33.4. The van der Waals surface area contributed by atoms with E-state index >= 15 is 0 Å². The zero-order valence-electron chi connectivity index (χ0n) is 22.1. The second-order valence-electron chi connectivity index (χ2n) is 9.60. The number of pyridine rings is 1. The molecule has 0 spiro atoms. The summed E-state index contributed by atoms with van der Waals surface area (Å²) in [4.78, 5) is 35.4. The van der Waals surface area contributed by atoms with Gasteiger partial charge in [-0.15, -0.1) is 37.2 Å². The number of piperazine rings is 1. The highest BCUT2D eigenvalue weighted by Gasteiger charge is 2.31. The SMILES string of the molecule is Cl.Cl.Cl.O=C1CN(Cc2ccccn2)CC(=O)N1CCN1CCC(=C(c2ccccc2)c2ccc(F)cc2)CC1. The van der Waals surface area contributed by atoms with Crippen LogP contribution in [0.15, 0.2) is 84.6 Å². The van der Waals surface area contributed by atoms with Crippen LogP contribution in [-0.4, -0.2) is 70.8 Å². The Kier molecular flexibility index (Phi) is 13.2. The van der Waals surface area contributed by atoms with Crippen LogP contribution in [0.2, 0.25) is 0 Å². The lowest BCUT2D eigenvalue weighted by molar-refractivity contribution is -0.151. The molecule has 0 saturated carbocycles. The Balaban J connectivity index is 0.00000187. The molecule has 0 radical (unpaired) electrons. The number of benzene rings is 2. The molecule has 3 heterocycles. The molecular formula is C30H34Cl3FN4O2. The van der Waals surface area contributed by atoms with Crippen molar-refractivity contribution in [2.24, 2.45) is 0 Å². The van der Waals surface area contributed by atoms with Crippen molar-refractivity contribution in [2.45, 2.75) is 19.4 Å². The first-order chi connectivity index (χ1) is 18.1. The molecule has 2 aliphatic rings. The largest absolute Gasteiger partial charge is 0.301 e. The van der Waals surface area contributed by atoms with Crippen LogP contribution in [-0.2, 0) is 16.1 Å². The lowest BCUT2D eigenvalue weighted by Crippen LogP contribution is -2.55. The zero-order valence-corrected chi connectivity index (χ0v) is 24.5. The van der Waals surface area contributed by atoms with Gasteiger partial charge in [-0.1, -0.05) is 54.1 Å². The maximum Gasteiger partial charge on any atom is 0.243 e. The standard InChI is InChI=1S/C30H31FN4O2.3ClH/c31-26-11-9-24(10-12-26)30(23-6-2-1-3-7-23)25-13-16-33(17-14-25)18-19-35-28(36)21-34(22-29(35)37)20-27-8-4-5-15-32-27;;;/h1-12,15H,13-14,16-22H2;3*1H. The van der Waals surface area contributed by atoms with Crippen LogP contribution in [0.3, 0.4) is 0 Å². The number of piperidine rings is 1. The number of halogens is 4. The molecule has 214 valence electrons. The van der Waals surface area contributed by atoms with Gasteiger partial charge in [0.25, 0.3) is 0 Å². The van der Waals surface area contributed by atoms with Crippen molar-refractivity contribution in [2.75, 3.05) is 39.3 Å². The summed E-state index contributed by atoms with van der Waals surface area (Å²) in [7, 11) is 0. The Morgan fingerprint density at radius 2 is 1.32 bits per heavy atom. The van der Waals surface area contributed by atoms with Crippen molar-refractivity contribution < 1.29 is 14.0 Å². The topological polar surface area (TPSA) is 56.8 Å². The number of nitrogens with zero attached hydrogens (tertiary/aromatic N) is 4. The van der Waals surface area contributed by atoms with E-state index in [2.05, 4.69) is 22.0 Å². The number of carbonyl (C=O) groups excluding carboxylic acids is 2. The second kappa shape index (κ2) is 15.8. The van der Waals surface area contributed by atoms with Crippen LogP contribution in [0.1, 0.15) is 29.7 Å². The highest BCUT2D eigenvalue weighted by molar-refractivity contribution is 5.99. The van der Waals surface area contributed by atoms with E-state index in [1.54, 1.807) is 6.20 Å². The molecule has 2 amide bonds. The summed E-state index contributed by atoms with van der Waals surface area (Å²) >= 11 is 0. The number of aromatic nitrogens is 1. The maximum atomic E-state index is 13.6. The number of hydrogen-bond acceptors (Lipinski definition) is 5. The van der Waals surface area contributed by atoms with Crippen molar-refractivity contribution in [1.29, 1.82) is 0 Å². The molecule has 10 heteroatoms. The summed E-state index contributed by atoms with van der Waals surface area (Å²) in [5.41, 5.74) is 5.54. The molecule has 0 bridgehead atoms. The van der Waals surface area contributed by atoms with Crippen LogP contribution < -0.4 is 0 Å². The fraction of sp³-hybridized carbons (Fsp3) is 0.300. The lowest BCUT2D eigenvalue weighted by atomic mass is 9.88. The number of rotatable bonds is 7. The van der Waals surface area contributed by atoms with Gasteiger partial charge in [-0.3, -0.25) is 24.4 Å². The average Bonchev–Trinajstić information content (AvgIpc) is 2.91. The highest BCUT2D eigenvalue weighted by atomic mass is 35.5. The summed E-state index contributed by atoms with van der Waals surface area (Å²) < 4.78 is 13.6. The quantitative estimate of drug-likeness (QED) is 0.343. The monoisotopic (exact) mass is 606 g/mol. The average molecular weight is 608 g/mol. The maximum absolute atomic E-state index is 13.6. The molecule has 2 aliphatic heterocycles. The molecule has 5 rings (SSSR count). The molecular weight excluding hydrogens is 574 g/mol. The predicted molar refractivity (Wildman–Crippen MR) is 163 cm³/mol. The first-order valence-electron chi connectivity index (χ1n) is 12.8. The van der Waals surface area contributed by atoms with Gasteiger partial charge in [0.2, 0.25) is 11.8 Å². The minimum absolute atomic E-state index is 0. The number of hydrogen-bond donors (Lipinski definition) is 0. The summed E-state index contributed by atoms with van der Waals surface area (Å²) in [6.45, 7) is 3.75. The van der Waals surface area contributed by atoms with Crippen molar-refractivity contribution >= 4 is 54.6 Å². The van der Waals surface area contributed by atoms with Crippen molar-refractivity contribution in [3.05, 3.63) is 107 Å². The third kappa shape index (κ3) is 8.35. The number of carbonyl (C=O) groups is 2. The van der Waals surface area contributed by atoms with E-state index in [0.29, 0.717) is 19.6 Å². The van der Waals surface area contributed by atoms with Crippen molar-refractivity contribution in [3.63, 3.8) is 0 Å². The number of imide groups is 1. The van der Waals surface area contributed by atoms with Gasteiger partial charge >= 0.3 is 0 Å². The van der Waals surface area contributed by atoms with Gasteiger partial charge in [-0.05, 0) is 53.8 Å². The molecule has 2 fully saturated rings.